The van der Waals surface area contributed by atoms with Crippen molar-refractivity contribution >= 4 is 23.1 Å². The SMILES string of the molecule is Cc1cnc(C)c(Nc2cccc(CCl)c2)n1. The Bertz CT molecular complexity index is 526. The molecule has 88 valence electrons. The molecular weight excluding hydrogens is 234 g/mol. The van der Waals surface area contributed by atoms with Gasteiger partial charge in [0.1, 0.15) is 0 Å². The van der Waals surface area contributed by atoms with E-state index in [1.54, 1.807) is 6.20 Å². The smallest absolute Gasteiger partial charge is 0.152 e. The van der Waals surface area contributed by atoms with Crippen molar-refractivity contribution in [2.24, 2.45) is 0 Å². The molecule has 3 nitrogen and oxygen atoms in total. The van der Waals surface area contributed by atoms with Gasteiger partial charge in [0.25, 0.3) is 0 Å². The van der Waals surface area contributed by atoms with Crippen LogP contribution in [0.2, 0.25) is 0 Å². The number of hydrogen-bond acceptors (Lipinski definition) is 3. The second-order valence-electron chi connectivity index (χ2n) is 3.90. The fourth-order valence-electron chi connectivity index (χ4n) is 1.52. The van der Waals surface area contributed by atoms with Crippen LogP contribution in [-0.4, -0.2) is 9.97 Å². The number of aryl methyl sites for hydroxylation is 2. The van der Waals surface area contributed by atoms with Gasteiger partial charge in [-0.3, -0.25) is 4.98 Å². The van der Waals surface area contributed by atoms with Gasteiger partial charge < -0.3 is 5.32 Å². The zero-order valence-electron chi connectivity index (χ0n) is 9.87. The minimum atomic E-state index is 0.508. The zero-order valence-corrected chi connectivity index (χ0v) is 10.6. The maximum atomic E-state index is 5.80. The number of benzene rings is 1. The van der Waals surface area contributed by atoms with E-state index in [-0.39, 0.29) is 0 Å². The number of aromatic nitrogens is 2. The van der Waals surface area contributed by atoms with Crippen LogP contribution in [0.15, 0.2) is 30.5 Å². The highest BCUT2D eigenvalue weighted by atomic mass is 35.5. The summed E-state index contributed by atoms with van der Waals surface area (Å²) < 4.78 is 0. The Morgan fingerprint density at radius 1 is 1.29 bits per heavy atom. The third kappa shape index (κ3) is 2.94. The molecular formula is C13H14ClN3. The van der Waals surface area contributed by atoms with E-state index in [0.29, 0.717) is 5.88 Å². The van der Waals surface area contributed by atoms with Gasteiger partial charge in [-0.05, 0) is 31.5 Å². The monoisotopic (exact) mass is 247 g/mol. The summed E-state index contributed by atoms with van der Waals surface area (Å²) in [7, 11) is 0. The topological polar surface area (TPSA) is 37.8 Å². The summed E-state index contributed by atoms with van der Waals surface area (Å²) >= 11 is 5.80. The maximum absolute atomic E-state index is 5.80. The van der Waals surface area contributed by atoms with E-state index < -0.39 is 0 Å². The van der Waals surface area contributed by atoms with E-state index in [0.717, 1.165) is 28.5 Å². The van der Waals surface area contributed by atoms with Gasteiger partial charge in [-0.1, -0.05) is 12.1 Å². The van der Waals surface area contributed by atoms with Crippen molar-refractivity contribution in [2.75, 3.05) is 5.32 Å². The molecule has 0 saturated carbocycles. The highest BCUT2D eigenvalue weighted by Gasteiger charge is 2.02. The van der Waals surface area contributed by atoms with Crippen LogP contribution in [0.4, 0.5) is 11.5 Å². The summed E-state index contributed by atoms with van der Waals surface area (Å²) in [5, 5.41) is 3.26. The van der Waals surface area contributed by atoms with Crippen molar-refractivity contribution in [3.8, 4) is 0 Å². The Labute approximate surface area is 106 Å². The van der Waals surface area contributed by atoms with E-state index in [1.165, 1.54) is 0 Å². The third-order valence-corrected chi connectivity index (χ3v) is 2.73. The summed E-state index contributed by atoms with van der Waals surface area (Å²) in [6.45, 7) is 3.85. The number of rotatable bonds is 3. The molecule has 0 fully saturated rings. The van der Waals surface area contributed by atoms with Crippen molar-refractivity contribution in [3.63, 3.8) is 0 Å². The van der Waals surface area contributed by atoms with Gasteiger partial charge in [-0.2, -0.15) is 0 Å². The molecule has 4 heteroatoms. The molecule has 0 aliphatic heterocycles. The van der Waals surface area contributed by atoms with Crippen LogP contribution < -0.4 is 5.32 Å². The Hall–Kier alpha value is -1.61. The molecule has 0 spiro atoms. The Morgan fingerprint density at radius 3 is 2.88 bits per heavy atom. The third-order valence-electron chi connectivity index (χ3n) is 2.42. The average molecular weight is 248 g/mol. The predicted octanol–water partition coefficient (Wildman–Crippen LogP) is 3.58. The minimum Gasteiger partial charge on any atom is -0.339 e. The van der Waals surface area contributed by atoms with E-state index in [2.05, 4.69) is 15.3 Å². The molecule has 1 aromatic carbocycles. The molecule has 2 rings (SSSR count). The zero-order chi connectivity index (χ0) is 12.3. The number of nitrogens with zero attached hydrogens (tertiary/aromatic N) is 2. The lowest BCUT2D eigenvalue weighted by molar-refractivity contribution is 1.07. The number of alkyl halides is 1. The van der Waals surface area contributed by atoms with Crippen LogP contribution in [0.25, 0.3) is 0 Å². The van der Waals surface area contributed by atoms with Crippen LogP contribution >= 0.6 is 11.6 Å². The van der Waals surface area contributed by atoms with Gasteiger partial charge >= 0.3 is 0 Å². The molecule has 1 aromatic heterocycles. The molecule has 0 radical (unpaired) electrons. The van der Waals surface area contributed by atoms with Gasteiger partial charge in [0.15, 0.2) is 5.82 Å². The van der Waals surface area contributed by atoms with Gasteiger partial charge in [0, 0.05) is 17.8 Å². The lowest BCUT2D eigenvalue weighted by atomic mass is 10.2. The van der Waals surface area contributed by atoms with Crippen LogP contribution in [-0.2, 0) is 5.88 Å². The summed E-state index contributed by atoms with van der Waals surface area (Å²) in [4.78, 5) is 8.68. The summed E-state index contributed by atoms with van der Waals surface area (Å²) in [6.07, 6.45) is 1.76. The van der Waals surface area contributed by atoms with Crippen LogP contribution in [0, 0.1) is 13.8 Å². The fraction of sp³-hybridized carbons (Fsp3) is 0.231. The number of anilines is 2. The molecule has 0 aliphatic rings. The Morgan fingerprint density at radius 2 is 2.12 bits per heavy atom. The summed E-state index contributed by atoms with van der Waals surface area (Å²) in [5.41, 5.74) is 3.83. The van der Waals surface area contributed by atoms with Crippen LogP contribution in [0.1, 0.15) is 17.0 Å². The fourth-order valence-corrected chi connectivity index (χ4v) is 1.69. The molecule has 0 atom stereocenters. The van der Waals surface area contributed by atoms with Crippen molar-refractivity contribution in [3.05, 3.63) is 47.4 Å². The van der Waals surface area contributed by atoms with E-state index in [9.17, 15) is 0 Å². The summed E-state index contributed by atoms with van der Waals surface area (Å²) in [6, 6.07) is 7.96. The van der Waals surface area contributed by atoms with Gasteiger partial charge in [0.2, 0.25) is 0 Å². The van der Waals surface area contributed by atoms with Crippen molar-refractivity contribution in [2.45, 2.75) is 19.7 Å². The van der Waals surface area contributed by atoms with Crippen LogP contribution in [0.5, 0.6) is 0 Å². The average Bonchev–Trinajstić information content (AvgIpc) is 2.34. The van der Waals surface area contributed by atoms with Crippen molar-refractivity contribution in [1.29, 1.82) is 0 Å². The molecule has 1 heterocycles. The van der Waals surface area contributed by atoms with E-state index in [1.807, 2.05) is 38.1 Å². The van der Waals surface area contributed by atoms with E-state index in [4.69, 9.17) is 11.6 Å². The first kappa shape index (κ1) is 11.9. The van der Waals surface area contributed by atoms with Gasteiger partial charge in [0.05, 0.1) is 11.4 Å². The minimum absolute atomic E-state index is 0.508. The first-order chi connectivity index (χ1) is 8.19. The number of hydrogen-bond donors (Lipinski definition) is 1. The molecule has 0 aliphatic carbocycles. The Kier molecular flexibility index (Phi) is 3.59. The standard InChI is InChI=1S/C13H14ClN3/c1-9-8-15-10(2)13(16-9)17-12-5-3-4-11(6-12)7-14/h3-6,8H,7H2,1-2H3,(H,16,17). The van der Waals surface area contributed by atoms with Gasteiger partial charge in [-0.25, -0.2) is 4.98 Å². The maximum Gasteiger partial charge on any atom is 0.152 e. The first-order valence-electron chi connectivity index (χ1n) is 5.41. The molecule has 0 unspecified atom stereocenters. The Balaban J connectivity index is 2.27. The molecule has 0 saturated heterocycles. The lowest BCUT2D eigenvalue weighted by Gasteiger charge is -2.09. The summed E-state index contributed by atoms with van der Waals surface area (Å²) in [5.74, 6) is 1.30. The first-order valence-corrected chi connectivity index (χ1v) is 5.94. The highest BCUT2D eigenvalue weighted by molar-refractivity contribution is 6.17. The number of halogens is 1. The molecule has 17 heavy (non-hydrogen) atoms. The largest absolute Gasteiger partial charge is 0.339 e. The normalized spacial score (nSPS) is 10.3. The quantitative estimate of drug-likeness (QED) is 0.843. The van der Waals surface area contributed by atoms with Crippen LogP contribution in [0.3, 0.4) is 0 Å². The number of nitrogens with one attached hydrogen (secondary N) is 1. The molecule has 1 N–H and O–H groups in total. The van der Waals surface area contributed by atoms with Crippen molar-refractivity contribution < 1.29 is 0 Å². The molecule has 2 aromatic rings. The van der Waals surface area contributed by atoms with Crippen molar-refractivity contribution in [1.82, 2.24) is 9.97 Å². The van der Waals surface area contributed by atoms with Gasteiger partial charge in [-0.15, -0.1) is 11.6 Å². The second kappa shape index (κ2) is 5.15. The molecule has 0 bridgehead atoms. The van der Waals surface area contributed by atoms with E-state index >= 15 is 0 Å². The predicted molar refractivity (Wildman–Crippen MR) is 70.8 cm³/mol. The second-order valence-corrected chi connectivity index (χ2v) is 4.17. The highest BCUT2D eigenvalue weighted by Crippen LogP contribution is 2.18. The lowest BCUT2D eigenvalue weighted by Crippen LogP contribution is -2.00. The molecule has 0 amide bonds.